The van der Waals surface area contributed by atoms with Gasteiger partial charge in [-0.3, -0.25) is 14.9 Å². The largest absolute Gasteiger partial charge is 0.338 e. The molecule has 8 nitrogen and oxygen atoms in total. The minimum Gasteiger partial charge on any atom is -0.338 e. The van der Waals surface area contributed by atoms with E-state index in [2.05, 4.69) is 11.4 Å². The first-order valence-corrected chi connectivity index (χ1v) is 12.2. The third kappa shape index (κ3) is 3.86. The number of hydrogen-bond acceptors (Lipinski definition) is 6. The molecule has 3 heterocycles. The van der Waals surface area contributed by atoms with Crippen LogP contribution < -0.4 is 0 Å². The highest BCUT2D eigenvalue weighted by molar-refractivity contribution is 7.89. The topological polar surface area (TPSA) is 101 Å². The van der Waals surface area contributed by atoms with Gasteiger partial charge in [0.15, 0.2) is 0 Å². The molecule has 30 heavy (non-hydrogen) atoms. The van der Waals surface area contributed by atoms with Gasteiger partial charge in [-0.2, -0.15) is 4.31 Å². The van der Waals surface area contributed by atoms with Crippen LogP contribution in [0.15, 0.2) is 34.5 Å². The number of aryl methyl sites for hydroxylation is 1. The van der Waals surface area contributed by atoms with Gasteiger partial charge in [-0.25, -0.2) is 8.42 Å². The lowest BCUT2D eigenvalue weighted by atomic mass is 9.95. The first kappa shape index (κ1) is 21.0. The van der Waals surface area contributed by atoms with Crippen molar-refractivity contribution >= 4 is 33.0 Å². The third-order valence-corrected chi connectivity index (χ3v) is 8.99. The predicted molar refractivity (Wildman–Crippen MR) is 113 cm³/mol. The minimum absolute atomic E-state index is 0.0394. The molecule has 1 saturated heterocycles. The van der Waals surface area contributed by atoms with Crippen LogP contribution in [0.5, 0.6) is 0 Å². The van der Waals surface area contributed by atoms with E-state index in [9.17, 15) is 23.3 Å². The second-order valence-corrected chi connectivity index (χ2v) is 10.7. The number of amides is 1. The Kier molecular flexibility index (Phi) is 5.65. The number of carbonyl (C=O) groups is 1. The van der Waals surface area contributed by atoms with Crippen molar-refractivity contribution in [2.45, 2.75) is 37.6 Å². The first-order valence-electron chi connectivity index (χ1n) is 9.86. The summed E-state index contributed by atoms with van der Waals surface area (Å²) in [5.74, 6) is -0.0988. The predicted octanol–water partition coefficient (Wildman–Crippen LogP) is 2.95. The van der Waals surface area contributed by atoms with Crippen molar-refractivity contribution in [1.82, 2.24) is 9.21 Å². The summed E-state index contributed by atoms with van der Waals surface area (Å²) in [6, 6.07) is 5.94. The number of sulfonamides is 1. The van der Waals surface area contributed by atoms with Gasteiger partial charge in [0, 0.05) is 49.1 Å². The molecule has 0 radical (unpaired) electrons. The van der Waals surface area contributed by atoms with Crippen molar-refractivity contribution < 1.29 is 18.1 Å². The molecule has 0 aliphatic carbocycles. The number of piperidine rings is 1. The Morgan fingerprint density at radius 1 is 1.20 bits per heavy atom. The highest BCUT2D eigenvalue weighted by Gasteiger charge is 2.35. The molecule has 0 unspecified atom stereocenters. The fraction of sp³-hybridized carbons (Fsp3) is 0.450. The summed E-state index contributed by atoms with van der Waals surface area (Å²) < 4.78 is 27.5. The van der Waals surface area contributed by atoms with Gasteiger partial charge in [0.2, 0.25) is 15.9 Å². The molecule has 0 N–H and O–H groups in total. The van der Waals surface area contributed by atoms with Gasteiger partial charge in [-0.05, 0) is 48.8 Å². The molecule has 4 rings (SSSR count). The van der Waals surface area contributed by atoms with E-state index in [-0.39, 0.29) is 35.5 Å². The van der Waals surface area contributed by atoms with Crippen LogP contribution in [-0.2, 0) is 27.8 Å². The van der Waals surface area contributed by atoms with Crippen LogP contribution in [0.3, 0.4) is 0 Å². The van der Waals surface area contributed by atoms with Gasteiger partial charge in [-0.15, -0.1) is 11.3 Å². The number of carbonyl (C=O) groups excluding carboxylic acids is 1. The second-order valence-electron chi connectivity index (χ2n) is 7.76. The number of rotatable bonds is 4. The van der Waals surface area contributed by atoms with Crippen molar-refractivity contribution in [3.8, 4) is 0 Å². The number of thiophene rings is 1. The molecule has 0 saturated carbocycles. The Balaban J connectivity index is 1.44. The van der Waals surface area contributed by atoms with E-state index in [4.69, 9.17) is 0 Å². The zero-order valence-electron chi connectivity index (χ0n) is 16.6. The summed E-state index contributed by atoms with van der Waals surface area (Å²) in [4.78, 5) is 26.6. The van der Waals surface area contributed by atoms with Crippen LogP contribution in [0.25, 0.3) is 0 Å². The maximum Gasteiger partial charge on any atom is 0.270 e. The monoisotopic (exact) mass is 449 g/mol. The van der Waals surface area contributed by atoms with Gasteiger partial charge >= 0.3 is 0 Å². The lowest BCUT2D eigenvalue weighted by molar-refractivity contribution is -0.385. The number of nitrogens with zero attached hydrogens (tertiary/aromatic N) is 3. The summed E-state index contributed by atoms with van der Waals surface area (Å²) in [5.41, 5.74) is 1.43. The maximum absolute atomic E-state index is 13.1. The number of fused-ring (bicyclic) bond motifs is 1. The van der Waals surface area contributed by atoms with E-state index in [1.54, 1.807) is 18.3 Å². The molecule has 1 aromatic carbocycles. The number of nitro benzene ring substituents is 1. The van der Waals surface area contributed by atoms with E-state index >= 15 is 0 Å². The molecule has 2 aliphatic heterocycles. The quantitative estimate of drug-likeness (QED) is 0.528. The molecular weight excluding hydrogens is 426 g/mol. The van der Waals surface area contributed by atoms with Gasteiger partial charge in [0.05, 0.1) is 9.82 Å². The molecule has 1 aromatic heterocycles. The molecular formula is C20H23N3O5S2. The zero-order chi connectivity index (χ0) is 21.5. The molecule has 1 fully saturated rings. The summed E-state index contributed by atoms with van der Waals surface area (Å²) >= 11 is 1.73. The van der Waals surface area contributed by atoms with Gasteiger partial charge < -0.3 is 4.90 Å². The summed E-state index contributed by atoms with van der Waals surface area (Å²) in [6.07, 6.45) is 1.79. The second kappa shape index (κ2) is 8.09. The Morgan fingerprint density at radius 2 is 1.93 bits per heavy atom. The number of non-ortho nitro benzene ring substituents is 1. The zero-order valence-corrected chi connectivity index (χ0v) is 18.2. The van der Waals surface area contributed by atoms with Gasteiger partial charge in [0.25, 0.3) is 5.69 Å². The lowest BCUT2D eigenvalue weighted by Crippen LogP contribution is -2.45. The fourth-order valence-corrected chi connectivity index (χ4v) is 6.76. The molecule has 1 amide bonds. The highest BCUT2D eigenvalue weighted by Crippen LogP contribution is 2.30. The summed E-state index contributed by atoms with van der Waals surface area (Å²) in [7, 11) is -3.85. The number of benzene rings is 1. The van der Waals surface area contributed by atoms with Crippen LogP contribution in [-0.4, -0.2) is 48.1 Å². The summed E-state index contributed by atoms with van der Waals surface area (Å²) in [6.45, 7) is 3.43. The van der Waals surface area contributed by atoms with Gasteiger partial charge in [-0.1, -0.05) is 6.07 Å². The maximum atomic E-state index is 13.1. The number of nitro groups is 1. The lowest BCUT2D eigenvalue weighted by Gasteiger charge is -2.35. The smallest absolute Gasteiger partial charge is 0.270 e. The highest BCUT2D eigenvalue weighted by atomic mass is 32.2. The number of hydrogen-bond donors (Lipinski definition) is 0. The Hall–Kier alpha value is -2.30. The average Bonchev–Trinajstić information content (AvgIpc) is 3.21. The van der Waals surface area contributed by atoms with Crippen molar-refractivity contribution in [3.05, 3.63) is 55.8 Å². The Morgan fingerprint density at radius 3 is 2.63 bits per heavy atom. The van der Waals surface area contributed by atoms with E-state index in [1.165, 1.54) is 26.9 Å². The Bertz CT molecular complexity index is 1090. The fourth-order valence-electron chi connectivity index (χ4n) is 4.16. The standard InChI is InChI=1S/C20H23N3O5S2/c1-14-2-3-17(23(25)26)12-19(14)30(27,28)22-9-4-15(5-10-22)20(24)21-8-6-18-16(13-21)7-11-29-18/h2-3,7,11-12,15H,4-6,8-10,13H2,1H3. The van der Waals surface area contributed by atoms with Crippen LogP contribution in [0, 0.1) is 23.0 Å². The molecule has 2 aliphatic rings. The van der Waals surface area contributed by atoms with Crippen molar-refractivity contribution in [2.24, 2.45) is 5.92 Å². The van der Waals surface area contributed by atoms with Crippen LogP contribution in [0.1, 0.15) is 28.8 Å². The SMILES string of the molecule is Cc1ccc([N+](=O)[O-])cc1S(=O)(=O)N1CCC(C(=O)N2CCc3sccc3C2)CC1. The van der Waals surface area contributed by atoms with E-state index in [0.717, 1.165) is 12.5 Å². The van der Waals surface area contributed by atoms with Crippen molar-refractivity contribution in [2.75, 3.05) is 19.6 Å². The minimum atomic E-state index is -3.85. The van der Waals surface area contributed by atoms with Crippen molar-refractivity contribution in [1.29, 1.82) is 0 Å². The van der Waals surface area contributed by atoms with E-state index < -0.39 is 14.9 Å². The van der Waals surface area contributed by atoms with E-state index in [1.807, 2.05) is 4.90 Å². The normalized spacial score (nSPS) is 18.2. The van der Waals surface area contributed by atoms with Crippen LogP contribution >= 0.6 is 11.3 Å². The molecule has 2 aromatic rings. The molecule has 0 spiro atoms. The molecule has 10 heteroatoms. The first-order chi connectivity index (χ1) is 14.3. The third-order valence-electron chi connectivity index (χ3n) is 5.92. The summed E-state index contributed by atoms with van der Waals surface area (Å²) in [5, 5.41) is 13.1. The van der Waals surface area contributed by atoms with Gasteiger partial charge in [0.1, 0.15) is 0 Å². The van der Waals surface area contributed by atoms with Crippen molar-refractivity contribution in [3.63, 3.8) is 0 Å². The molecule has 0 bridgehead atoms. The molecule has 0 atom stereocenters. The molecule has 160 valence electrons. The van der Waals surface area contributed by atoms with Crippen LogP contribution in [0.4, 0.5) is 5.69 Å². The van der Waals surface area contributed by atoms with E-state index in [0.29, 0.717) is 31.5 Å². The average molecular weight is 450 g/mol. The Labute approximate surface area is 179 Å². The van der Waals surface area contributed by atoms with Crippen LogP contribution in [0.2, 0.25) is 0 Å².